The maximum atomic E-state index is 10.3. The van der Waals surface area contributed by atoms with E-state index in [2.05, 4.69) is 4.52 Å². The molecule has 0 spiro atoms. The Kier molecular flexibility index (Phi) is 6.74. The molecular weight excluding hydrogens is 307 g/mol. The Bertz CT molecular complexity index is 594. The van der Waals surface area contributed by atoms with E-state index in [1.54, 1.807) is 49.4 Å². The number of benzene rings is 2. The Balaban J connectivity index is 0.000000220. The van der Waals surface area contributed by atoms with Gasteiger partial charge in [0, 0.05) is 12.0 Å². The van der Waals surface area contributed by atoms with Crippen LogP contribution in [0.2, 0.25) is 0 Å². The number of rotatable bonds is 4. The zero-order valence-electron chi connectivity index (χ0n) is 12.0. The first-order valence-electron chi connectivity index (χ1n) is 6.55. The second-order valence-electron chi connectivity index (χ2n) is 4.43. The maximum absolute atomic E-state index is 10.3. The lowest BCUT2D eigenvalue weighted by Crippen LogP contribution is -2.23. The van der Waals surface area contributed by atoms with Crippen LogP contribution >= 0.6 is 7.82 Å². The van der Waals surface area contributed by atoms with Gasteiger partial charge < -0.3 is 14.7 Å². The monoisotopic (exact) mass is 326 g/mol. The van der Waals surface area contributed by atoms with Crippen molar-refractivity contribution in [1.82, 2.24) is 0 Å². The van der Waals surface area contributed by atoms with Crippen molar-refractivity contribution in [2.45, 2.75) is 19.1 Å². The van der Waals surface area contributed by atoms with Gasteiger partial charge in [0.25, 0.3) is 0 Å². The maximum Gasteiger partial charge on any atom is 0.524 e. The fraction of sp³-hybridized carbons (Fsp3) is 0.200. The highest BCUT2D eigenvalue weighted by atomic mass is 31.2. The van der Waals surface area contributed by atoms with Crippen molar-refractivity contribution >= 4 is 7.82 Å². The van der Waals surface area contributed by atoms with Gasteiger partial charge in [-0.15, -0.1) is 0 Å². The van der Waals surface area contributed by atoms with Gasteiger partial charge in [-0.25, -0.2) is 4.57 Å². The topological polar surface area (TPSA) is 107 Å². The van der Waals surface area contributed by atoms with Gasteiger partial charge in [-0.1, -0.05) is 55.5 Å². The fourth-order valence-corrected chi connectivity index (χ4v) is 1.92. The summed E-state index contributed by atoms with van der Waals surface area (Å²) in [7, 11) is -4.39. The summed E-state index contributed by atoms with van der Waals surface area (Å²) in [5.74, 6) is -1.50. The minimum absolute atomic E-state index is 0.167. The molecule has 6 nitrogen and oxygen atoms in total. The van der Waals surface area contributed by atoms with Gasteiger partial charge in [-0.3, -0.25) is 9.79 Å². The molecule has 0 atom stereocenters. The molecule has 0 aliphatic carbocycles. The van der Waals surface area contributed by atoms with Crippen molar-refractivity contribution in [2.24, 2.45) is 0 Å². The Labute approximate surface area is 128 Å². The van der Waals surface area contributed by atoms with Crippen LogP contribution in [0.1, 0.15) is 18.9 Å². The Morgan fingerprint density at radius 2 is 1.41 bits per heavy atom. The summed E-state index contributed by atoms with van der Waals surface area (Å²) in [4.78, 5) is 16.7. The standard InChI is InChI=1S/C9H12O2.C6H7O4P/c1-2-9(10,11)8-6-4-3-5-7-8;7-11(8,9)10-6-4-2-1-3-5-6/h3-7,10-11H,2H2,1H3;1-5H,(H2,7,8,9). The van der Waals surface area contributed by atoms with Crippen LogP contribution < -0.4 is 4.52 Å². The van der Waals surface area contributed by atoms with E-state index in [0.29, 0.717) is 12.0 Å². The average Bonchev–Trinajstić information content (AvgIpc) is 2.48. The molecule has 0 fully saturated rings. The SMILES string of the molecule is CCC(O)(O)c1ccccc1.O=P(O)(O)Oc1ccccc1. The van der Waals surface area contributed by atoms with Crippen LogP contribution in [-0.2, 0) is 10.4 Å². The molecule has 0 aromatic heterocycles. The van der Waals surface area contributed by atoms with Crippen LogP contribution in [0.15, 0.2) is 60.7 Å². The van der Waals surface area contributed by atoms with E-state index in [0.717, 1.165) is 0 Å². The number of phosphoric acid groups is 1. The molecule has 0 aliphatic rings. The first kappa shape index (κ1) is 18.4. The smallest absolute Gasteiger partial charge is 0.404 e. The third kappa shape index (κ3) is 6.85. The summed E-state index contributed by atoms with van der Waals surface area (Å²) in [5, 5.41) is 18.7. The zero-order chi connectivity index (χ0) is 16.6. The quantitative estimate of drug-likeness (QED) is 0.508. The molecule has 0 saturated carbocycles. The molecule has 0 saturated heterocycles. The number of phosphoric ester groups is 1. The summed E-state index contributed by atoms with van der Waals surface area (Å²) in [5.41, 5.74) is 0.544. The molecule has 120 valence electrons. The van der Waals surface area contributed by atoms with E-state index in [4.69, 9.17) is 9.79 Å². The number of hydrogen-bond donors (Lipinski definition) is 4. The molecule has 22 heavy (non-hydrogen) atoms. The van der Waals surface area contributed by atoms with E-state index in [9.17, 15) is 14.8 Å². The largest absolute Gasteiger partial charge is 0.524 e. The van der Waals surface area contributed by atoms with Crippen molar-refractivity contribution < 1.29 is 29.1 Å². The summed E-state index contributed by atoms with van der Waals surface area (Å²) in [6.45, 7) is 1.73. The number of para-hydroxylation sites is 1. The van der Waals surface area contributed by atoms with Crippen molar-refractivity contribution in [3.63, 3.8) is 0 Å². The summed E-state index contributed by atoms with van der Waals surface area (Å²) < 4.78 is 14.5. The normalized spacial score (nSPS) is 11.3. The minimum Gasteiger partial charge on any atom is -0.404 e. The van der Waals surface area contributed by atoms with Gasteiger partial charge in [-0.2, -0.15) is 0 Å². The number of hydrogen-bond acceptors (Lipinski definition) is 4. The Morgan fingerprint density at radius 3 is 1.82 bits per heavy atom. The van der Waals surface area contributed by atoms with Crippen LogP contribution in [0.5, 0.6) is 5.75 Å². The number of aliphatic hydroxyl groups is 2. The highest BCUT2D eigenvalue weighted by Crippen LogP contribution is 2.36. The molecule has 2 aromatic rings. The molecule has 0 unspecified atom stereocenters. The summed E-state index contributed by atoms with van der Waals surface area (Å²) in [6, 6.07) is 16.7. The highest BCUT2D eigenvalue weighted by molar-refractivity contribution is 7.46. The first-order valence-corrected chi connectivity index (χ1v) is 8.08. The summed E-state index contributed by atoms with van der Waals surface area (Å²) >= 11 is 0. The van der Waals surface area contributed by atoms with Gasteiger partial charge in [0.05, 0.1) is 0 Å². The second kappa shape index (κ2) is 8.08. The predicted molar refractivity (Wildman–Crippen MR) is 82.0 cm³/mol. The van der Waals surface area contributed by atoms with Gasteiger partial charge in [0.15, 0.2) is 5.79 Å². The molecule has 4 N–H and O–H groups in total. The van der Waals surface area contributed by atoms with Gasteiger partial charge in [0.2, 0.25) is 0 Å². The van der Waals surface area contributed by atoms with E-state index < -0.39 is 13.6 Å². The van der Waals surface area contributed by atoms with Crippen LogP contribution in [0.3, 0.4) is 0 Å². The van der Waals surface area contributed by atoms with Gasteiger partial charge in [0.1, 0.15) is 5.75 Å². The molecule has 0 heterocycles. The molecular formula is C15H19O6P. The third-order valence-corrected chi connectivity index (χ3v) is 3.15. The van der Waals surface area contributed by atoms with E-state index >= 15 is 0 Å². The molecule has 0 amide bonds. The second-order valence-corrected chi connectivity index (χ2v) is 5.59. The van der Waals surface area contributed by atoms with E-state index in [1.807, 2.05) is 6.07 Å². The molecule has 0 aliphatic heterocycles. The molecule has 7 heteroatoms. The van der Waals surface area contributed by atoms with E-state index in [-0.39, 0.29) is 5.75 Å². The van der Waals surface area contributed by atoms with Crippen LogP contribution in [0.25, 0.3) is 0 Å². The van der Waals surface area contributed by atoms with Crippen molar-refractivity contribution in [1.29, 1.82) is 0 Å². The van der Waals surface area contributed by atoms with Gasteiger partial charge in [-0.05, 0) is 12.1 Å². The highest BCUT2D eigenvalue weighted by Gasteiger charge is 2.21. The van der Waals surface area contributed by atoms with Crippen LogP contribution in [0, 0.1) is 0 Å². The van der Waals surface area contributed by atoms with Crippen molar-refractivity contribution in [3.8, 4) is 5.75 Å². The third-order valence-electron chi connectivity index (χ3n) is 2.70. The zero-order valence-corrected chi connectivity index (χ0v) is 12.9. The molecule has 0 radical (unpaired) electrons. The lowest BCUT2D eigenvalue weighted by molar-refractivity contribution is -0.171. The molecule has 0 bridgehead atoms. The first-order chi connectivity index (χ1) is 10.2. The average molecular weight is 326 g/mol. The minimum atomic E-state index is -4.39. The molecule has 2 aromatic carbocycles. The van der Waals surface area contributed by atoms with Crippen molar-refractivity contribution in [2.75, 3.05) is 0 Å². The van der Waals surface area contributed by atoms with Crippen LogP contribution in [0.4, 0.5) is 0 Å². The summed E-state index contributed by atoms with van der Waals surface area (Å²) in [6.07, 6.45) is 0.303. The molecule has 2 rings (SSSR count). The Morgan fingerprint density at radius 1 is 0.955 bits per heavy atom. The lowest BCUT2D eigenvalue weighted by atomic mass is 10.0. The lowest BCUT2D eigenvalue weighted by Gasteiger charge is -2.19. The fourth-order valence-electron chi connectivity index (χ4n) is 1.53. The Hall–Kier alpha value is -1.69. The van der Waals surface area contributed by atoms with Crippen molar-refractivity contribution in [3.05, 3.63) is 66.2 Å². The van der Waals surface area contributed by atoms with Crippen LogP contribution in [-0.4, -0.2) is 20.0 Å². The van der Waals surface area contributed by atoms with Gasteiger partial charge >= 0.3 is 7.82 Å². The van der Waals surface area contributed by atoms with E-state index in [1.165, 1.54) is 12.1 Å². The predicted octanol–water partition coefficient (Wildman–Crippen LogP) is 2.39.